The fourth-order valence-electron chi connectivity index (χ4n) is 2.27. The Balaban J connectivity index is 2.07. The molecule has 0 aliphatic carbocycles. The highest BCUT2D eigenvalue weighted by atomic mass is 15.2. The minimum atomic E-state index is 0.812. The number of aryl methyl sites for hydroxylation is 1. The van der Waals surface area contributed by atoms with Gasteiger partial charge in [0, 0.05) is 38.2 Å². The molecule has 2 aromatic heterocycles. The topological polar surface area (TPSA) is 41.1 Å². The lowest BCUT2D eigenvalue weighted by atomic mass is 10.2. The van der Waals surface area contributed by atoms with Gasteiger partial charge < -0.3 is 10.2 Å². The molecule has 112 valence electrons. The van der Waals surface area contributed by atoms with E-state index < -0.39 is 0 Å². The first-order valence-electron chi connectivity index (χ1n) is 7.47. The van der Waals surface area contributed by atoms with Crippen molar-refractivity contribution in [2.24, 2.45) is 0 Å². The molecule has 0 fully saturated rings. The highest BCUT2D eigenvalue weighted by molar-refractivity contribution is 5.42. The molecule has 0 radical (unpaired) electrons. The van der Waals surface area contributed by atoms with Crippen LogP contribution in [0.15, 0.2) is 36.7 Å². The Morgan fingerprint density at radius 1 is 1.24 bits per heavy atom. The maximum absolute atomic E-state index is 4.64. The first-order valence-corrected chi connectivity index (χ1v) is 7.47. The molecule has 0 aliphatic rings. The first kappa shape index (κ1) is 15.4. The summed E-state index contributed by atoms with van der Waals surface area (Å²) >= 11 is 0. The lowest BCUT2D eigenvalue weighted by Crippen LogP contribution is -2.19. The molecule has 0 amide bonds. The second-order valence-corrected chi connectivity index (χ2v) is 5.37. The fraction of sp³-hybridized carbons (Fsp3) is 0.412. The van der Waals surface area contributed by atoms with Crippen molar-refractivity contribution in [3.8, 4) is 0 Å². The molecule has 0 saturated heterocycles. The van der Waals surface area contributed by atoms with E-state index in [1.807, 2.05) is 19.2 Å². The predicted molar refractivity (Wildman–Crippen MR) is 87.3 cm³/mol. The van der Waals surface area contributed by atoms with E-state index in [4.69, 9.17) is 0 Å². The van der Waals surface area contributed by atoms with E-state index in [9.17, 15) is 0 Å². The van der Waals surface area contributed by atoms with Crippen LogP contribution in [0.25, 0.3) is 0 Å². The summed E-state index contributed by atoms with van der Waals surface area (Å²) in [6, 6.07) is 8.35. The molecule has 0 aliphatic heterocycles. The van der Waals surface area contributed by atoms with Crippen molar-refractivity contribution < 1.29 is 0 Å². The highest BCUT2D eigenvalue weighted by Crippen LogP contribution is 2.16. The van der Waals surface area contributed by atoms with Gasteiger partial charge in [-0.05, 0) is 49.2 Å². The van der Waals surface area contributed by atoms with Crippen LogP contribution in [0.1, 0.15) is 30.2 Å². The van der Waals surface area contributed by atoms with Crippen molar-refractivity contribution in [2.45, 2.75) is 33.4 Å². The second-order valence-electron chi connectivity index (χ2n) is 5.37. The highest BCUT2D eigenvalue weighted by Gasteiger charge is 2.06. The van der Waals surface area contributed by atoms with Crippen LogP contribution in [0.2, 0.25) is 0 Å². The molecule has 21 heavy (non-hydrogen) atoms. The lowest BCUT2D eigenvalue weighted by molar-refractivity contribution is 0.674. The van der Waals surface area contributed by atoms with Gasteiger partial charge in [0.25, 0.3) is 0 Å². The minimum absolute atomic E-state index is 0.812. The van der Waals surface area contributed by atoms with Crippen molar-refractivity contribution in [1.29, 1.82) is 0 Å². The summed E-state index contributed by atoms with van der Waals surface area (Å²) in [4.78, 5) is 11.0. The van der Waals surface area contributed by atoms with Crippen molar-refractivity contribution in [2.75, 3.05) is 18.5 Å². The van der Waals surface area contributed by atoms with Crippen LogP contribution in [0.3, 0.4) is 0 Å². The number of hydrogen-bond acceptors (Lipinski definition) is 4. The monoisotopic (exact) mass is 284 g/mol. The molecule has 0 atom stereocenters. The molecule has 2 rings (SSSR count). The van der Waals surface area contributed by atoms with Crippen LogP contribution in [-0.4, -0.2) is 23.6 Å². The smallest absolute Gasteiger partial charge is 0.129 e. The van der Waals surface area contributed by atoms with E-state index in [1.165, 1.54) is 11.1 Å². The molecule has 0 unspecified atom stereocenters. The summed E-state index contributed by atoms with van der Waals surface area (Å²) in [5, 5.41) is 3.44. The van der Waals surface area contributed by atoms with E-state index in [1.54, 1.807) is 6.20 Å². The molecular weight excluding hydrogens is 260 g/mol. The standard InChI is InChI=1S/C17H24N4/c1-4-7-18-12-16-9-14(2)20-17(10-16)21(3)13-15-6-5-8-19-11-15/h5-6,8-11,18H,4,7,12-13H2,1-3H3. The second kappa shape index (κ2) is 7.74. The number of nitrogens with zero attached hydrogens (tertiary/aromatic N) is 3. The number of rotatable bonds is 7. The van der Waals surface area contributed by atoms with Crippen molar-refractivity contribution >= 4 is 5.82 Å². The largest absolute Gasteiger partial charge is 0.355 e. The zero-order chi connectivity index (χ0) is 15.1. The van der Waals surface area contributed by atoms with Gasteiger partial charge >= 0.3 is 0 Å². The molecular formula is C17H24N4. The maximum atomic E-state index is 4.64. The predicted octanol–water partition coefficient (Wildman–Crippen LogP) is 2.92. The first-order chi connectivity index (χ1) is 10.2. The van der Waals surface area contributed by atoms with Crippen LogP contribution < -0.4 is 10.2 Å². The van der Waals surface area contributed by atoms with Crippen molar-refractivity contribution in [3.63, 3.8) is 0 Å². The Kier molecular flexibility index (Phi) is 5.69. The number of nitrogens with one attached hydrogen (secondary N) is 1. The molecule has 0 spiro atoms. The van der Waals surface area contributed by atoms with Gasteiger partial charge in [-0.15, -0.1) is 0 Å². The zero-order valence-corrected chi connectivity index (χ0v) is 13.1. The van der Waals surface area contributed by atoms with E-state index in [0.717, 1.165) is 37.6 Å². The van der Waals surface area contributed by atoms with Crippen LogP contribution in [0, 0.1) is 6.92 Å². The van der Waals surface area contributed by atoms with Gasteiger partial charge in [-0.3, -0.25) is 4.98 Å². The van der Waals surface area contributed by atoms with E-state index in [0.29, 0.717) is 0 Å². The average molecular weight is 284 g/mol. The Labute approximate surface area is 127 Å². The van der Waals surface area contributed by atoms with Crippen LogP contribution in [0.5, 0.6) is 0 Å². The van der Waals surface area contributed by atoms with Gasteiger partial charge in [-0.1, -0.05) is 13.0 Å². The van der Waals surface area contributed by atoms with Gasteiger partial charge in [0.05, 0.1) is 0 Å². The lowest BCUT2D eigenvalue weighted by Gasteiger charge is -2.19. The van der Waals surface area contributed by atoms with Gasteiger partial charge in [0.1, 0.15) is 5.82 Å². The fourth-order valence-corrected chi connectivity index (χ4v) is 2.27. The van der Waals surface area contributed by atoms with Crippen LogP contribution in [0.4, 0.5) is 5.82 Å². The summed E-state index contributed by atoms with van der Waals surface area (Å²) < 4.78 is 0. The molecule has 2 heterocycles. The van der Waals surface area contributed by atoms with E-state index >= 15 is 0 Å². The summed E-state index contributed by atoms with van der Waals surface area (Å²) in [6.45, 7) is 6.97. The summed E-state index contributed by atoms with van der Waals surface area (Å²) in [7, 11) is 2.07. The Morgan fingerprint density at radius 3 is 2.81 bits per heavy atom. The Morgan fingerprint density at radius 2 is 2.10 bits per heavy atom. The maximum Gasteiger partial charge on any atom is 0.129 e. The number of pyridine rings is 2. The van der Waals surface area contributed by atoms with Gasteiger partial charge in [-0.2, -0.15) is 0 Å². The molecule has 4 heteroatoms. The number of aromatic nitrogens is 2. The molecule has 2 aromatic rings. The van der Waals surface area contributed by atoms with E-state index in [-0.39, 0.29) is 0 Å². The van der Waals surface area contributed by atoms with Crippen molar-refractivity contribution in [1.82, 2.24) is 15.3 Å². The molecule has 0 aromatic carbocycles. The average Bonchev–Trinajstić information content (AvgIpc) is 2.48. The van der Waals surface area contributed by atoms with Crippen molar-refractivity contribution in [3.05, 3.63) is 53.5 Å². The quantitative estimate of drug-likeness (QED) is 0.794. The summed E-state index contributed by atoms with van der Waals surface area (Å²) in [5.41, 5.74) is 3.52. The number of hydrogen-bond donors (Lipinski definition) is 1. The molecule has 1 N–H and O–H groups in total. The normalized spacial score (nSPS) is 10.6. The molecule has 4 nitrogen and oxygen atoms in total. The van der Waals surface area contributed by atoms with Gasteiger partial charge in [0.2, 0.25) is 0 Å². The molecule has 0 saturated carbocycles. The number of anilines is 1. The van der Waals surface area contributed by atoms with Gasteiger partial charge in [0.15, 0.2) is 0 Å². The third-order valence-electron chi connectivity index (χ3n) is 3.29. The van der Waals surface area contributed by atoms with E-state index in [2.05, 4.69) is 52.4 Å². The molecule has 0 bridgehead atoms. The zero-order valence-electron chi connectivity index (χ0n) is 13.1. The third-order valence-corrected chi connectivity index (χ3v) is 3.29. The Hall–Kier alpha value is -1.94. The Bertz CT molecular complexity index is 554. The summed E-state index contributed by atoms with van der Waals surface area (Å²) in [5.74, 6) is 1.01. The minimum Gasteiger partial charge on any atom is -0.355 e. The van der Waals surface area contributed by atoms with Crippen LogP contribution in [-0.2, 0) is 13.1 Å². The van der Waals surface area contributed by atoms with Crippen LogP contribution >= 0.6 is 0 Å². The van der Waals surface area contributed by atoms with Gasteiger partial charge in [-0.25, -0.2) is 4.98 Å². The SMILES string of the molecule is CCCNCc1cc(C)nc(N(C)Cc2cccnc2)c1. The summed E-state index contributed by atoms with van der Waals surface area (Å²) in [6.07, 6.45) is 4.85. The third kappa shape index (κ3) is 4.83.